The van der Waals surface area contributed by atoms with Crippen LogP contribution in [-0.4, -0.2) is 5.71 Å². The zero-order valence-corrected chi connectivity index (χ0v) is 16.5. The van der Waals surface area contributed by atoms with Crippen molar-refractivity contribution < 1.29 is 18.0 Å². The van der Waals surface area contributed by atoms with E-state index in [0.717, 1.165) is 36.5 Å². The fourth-order valence-corrected chi connectivity index (χ4v) is 3.54. The van der Waals surface area contributed by atoms with Crippen molar-refractivity contribution in [3.63, 3.8) is 0 Å². The van der Waals surface area contributed by atoms with Crippen LogP contribution in [0.3, 0.4) is 0 Å². The largest absolute Gasteiger partial charge is 0.416 e. The van der Waals surface area contributed by atoms with Crippen LogP contribution < -0.4 is 4.90 Å². The predicted molar refractivity (Wildman–Crippen MR) is 111 cm³/mol. The van der Waals surface area contributed by atoms with Gasteiger partial charge >= 0.3 is 6.18 Å². The number of oxime groups is 1. The number of halogens is 3. The standard InChI is InChI=1S/C24H21F3N2O/c1-17(28-30-16-18-6-4-10-22(12-18)24(25,26)27)19-9-5-11-23(13-19)29-14-20-7-2-3-8-21(20)15-29/h2-13H,14-16H2,1H3/b28-17-. The summed E-state index contributed by atoms with van der Waals surface area (Å²) in [6.45, 7) is 3.52. The molecule has 0 atom stereocenters. The molecule has 1 aliphatic heterocycles. The van der Waals surface area contributed by atoms with Gasteiger partial charge in [0.25, 0.3) is 0 Å². The lowest BCUT2D eigenvalue weighted by Gasteiger charge is -2.18. The first-order chi connectivity index (χ1) is 14.4. The third kappa shape index (κ3) is 4.48. The maximum atomic E-state index is 12.8. The molecule has 4 rings (SSSR count). The smallest absolute Gasteiger partial charge is 0.391 e. The molecular weight excluding hydrogens is 389 g/mol. The molecule has 3 aromatic rings. The Balaban J connectivity index is 1.42. The van der Waals surface area contributed by atoms with Gasteiger partial charge in [0.05, 0.1) is 11.3 Å². The maximum Gasteiger partial charge on any atom is 0.416 e. The number of alkyl halides is 3. The quantitative estimate of drug-likeness (QED) is 0.371. The molecule has 0 unspecified atom stereocenters. The van der Waals surface area contributed by atoms with Crippen molar-refractivity contribution in [3.05, 3.63) is 101 Å². The average Bonchev–Trinajstić information content (AvgIpc) is 3.18. The molecule has 3 aromatic carbocycles. The molecule has 0 saturated heterocycles. The van der Waals surface area contributed by atoms with Crippen molar-refractivity contribution in [2.45, 2.75) is 32.8 Å². The number of rotatable bonds is 5. The number of anilines is 1. The summed E-state index contributed by atoms with van der Waals surface area (Å²) in [5.41, 5.74) is 5.06. The lowest BCUT2D eigenvalue weighted by molar-refractivity contribution is -0.137. The Labute approximate surface area is 173 Å². The minimum absolute atomic E-state index is 0.0254. The first-order valence-electron chi connectivity index (χ1n) is 9.65. The molecule has 0 radical (unpaired) electrons. The lowest BCUT2D eigenvalue weighted by Crippen LogP contribution is -2.14. The Morgan fingerprint density at radius 2 is 1.63 bits per heavy atom. The summed E-state index contributed by atoms with van der Waals surface area (Å²) in [5.74, 6) is 0. The highest BCUT2D eigenvalue weighted by Crippen LogP contribution is 2.30. The van der Waals surface area contributed by atoms with Crippen LogP contribution in [0.25, 0.3) is 0 Å². The van der Waals surface area contributed by atoms with Gasteiger partial charge in [-0.25, -0.2) is 0 Å². The minimum Gasteiger partial charge on any atom is -0.391 e. The number of benzene rings is 3. The summed E-state index contributed by atoms with van der Waals surface area (Å²) in [5, 5.41) is 4.11. The number of hydrogen-bond acceptors (Lipinski definition) is 3. The van der Waals surface area contributed by atoms with Gasteiger partial charge in [0, 0.05) is 24.3 Å². The third-order valence-corrected chi connectivity index (χ3v) is 5.16. The molecule has 6 heteroatoms. The van der Waals surface area contributed by atoms with Gasteiger partial charge in [0.15, 0.2) is 0 Å². The molecule has 0 aliphatic carbocycles. The molecule has 154 valence electrons. The van der Waals surface area contributed by atoms with Crippen molar-refractivity contribution in [2.24, 2.45) is 5.16 Å². The van der Waals surface area contributed by atoms with E-state index < -0.39 is 11.7 Å². The van der Waals surface area contributed by atoms with Crippen LogP contribution in [-0.2, 0) is 30.7 Å². The Morgan fingerprint density at radius 3 is 2.33 bits per heavy atom. The molecule has 30 heavy (non-hydrogen) atoms. The van der Waals surface area contributed by atoms with Crippen molar-refractivity contribution in [3.8, 4) is 0 Å². The fourth-order valence-electron chi connectivity index (χ4n) is 3.54. The molecule has 1 heterocycles. The molecular formula is C24H21F3N2O. The summed E-state index contributed by atoms with van der Waals surface area (Å²) < 4.78 is 38.5. The highest BCUT2D eigenvalue weighted by atomic mass is 19.4. The Morgan fingerprint density at radius 1 is 0.933 bits per heavy atom. The van der Waals surface area contributed by atoms with Crippen LogP contribution in [0.5, 0.6) is 0 Å². The third-order valence-electron chi connectivity index (χ3n) is 5.16. The van der Waals surface area contributed by atoms with Gasteiger partial charge in [-0.2, -0.15) is 13.2 Å². The molecule has 1 aliphatic rings. The van der Waals surface area contributed by atoms with Gasteiger partial charge in [-0.3, -0.25) is 0 Å². The van der Waals surface area contributed by atoms with Gasteiger partial charge in [-0.1, -0.05) is 53.7 Å². The second-order valence-electron chi connectivity index (χ2n) is 7.32. The highest BCUT2D eigenvalue weighted by molar-refractivity contribution is 5.99. The van der Waals surface area contributed by atoms with Crippen LogP contribution in [0.1, 0.15) is 34.7 Å². The molecule has 0 fully saturated rings. The van der Waals surface area contributed by atoms with E-state index >= 15 is 0 Å². The summed E-state index contributed by atoms with van der Waals surface area (Å²) in [4.78, 5) is 7.62. The molecule has 0 aromatic heterocycles. The van der Waals surface area contributed by atoms with Gasteiger partial charge in [0.2, 0.25) is 0 Å². The Kier molecular flexibility index (Phi) is 5.48. The van der Waals surface area contributed by atoms with E-state index in [-0.39, 0.29) is 6.61 Å². The van der Waals surface area contributed by atoms with Crippen LogP contribution >= 0.6 is 0 Å². The van der Waals surface area contributed by atoms with Crippen LogP contribution in [0.4, 0.5) is 18.9 Å². The summed E-state index contributed by atoms with van der Waals surface area (Å²) >= 11 is 0. The second-order valence-corrected chi connectivity index (χ2v) is 7.32. The molecule has 0 N–H and O–H groups in total. The van der Waals surface area contributed by atoms with E-state index in [4.69, 9.17) is 4.84 Å². The first-order valence-corrected chi connectivity index (χ1v) is 9.65. The van der Waals surface area contributed by atoms with E-state index in [1.165, 1.54) is 17.2 Å². The number of fused-ring (bicyclic) bond motifs is 1. The molecule has 0 bridgehead atoms. The Bertz CT molecular complexity index is 1050. The molecule has 3 nitrogen and oxygen atoms in total. The van der Waals surface area contributed by atoms with Gasteiger partial charge in [0.1, 0.15) is 6.61 Å². The number of nitrogens with zero attached hydrogens (tertiary/aromatic N) is 2. The van der Waals surface area contributed by atoms with Gasteiger partial charge < -0.3 is 9.74 Å². The van der Waals surface area contributed by atoms with Crippen molar-refractivity contribution in [1.82, 2.24) is 0 Å². The monoisotopic (exact) mass is 410 g/mol. The van der Waals surface area contributed by atoms with Crippen molar-refractivity contribution in [2.75, 3.05) is 4.90 Å². The van der Waals surface area contributed by atoms with E-state index in [2.05, 4.69) is 46.5 Å². The van der Waals surface area contributed by atoms with Gasteiger partial charge in [-0.15, -0.1) is 0 Å². The van der Waals surface area contributed by atoms with E-state index in [0.29, 0.717) is 11.3 Å². The number of hydrogen-bond donors (Lipinski definition) is 0. The zero-order valence-electron chi connectivity index (χ0n) is 16.5. The normalized spacial score (nSPS) is 14.0. The van der Waals surface area contributed by atoms with Crippen molar-refractivity contribution in [1.29, 1.82) is 0 Å². The second kappa shape index (κ2) is 8.22. The SMILES string of the molecule is C/C(=N/OCc1cccc(C(F)(F)F)c1)c1cccc(N2Cc3ccccc3C2)c1. The molecule has 0 spiro atoms. The Hall–Kier alpha value is -3.28. The highest BCUT2D eigenvalue weighted by Gasteiger charge is 2.30. The summed E-state index contributed by atoms with van der Waals surface area (Å²) in [6.07, 6.45) is -4.37. The van der Waals surface area contributed by atoms with Crippen LogP contribution in [0.15, 0.2) is 78.0 Å². The predicted octanol–water partition coefficient (Wildman–Crippen LogP) is 6.17. The van der Waals surface area contributed by atoms with E-state index in [1.54, 1.807) is 6.07 Å². The van der Waals surface area contributed by atoms with Gasteiger partial charge in [-0.05, 0) is 47.9 Å². The fraction of sp³-hybridized carbons (Fsp3) is 0.208. The summed E-state index contributed by atoms with van der Waals surface area (Å²) in [7, 11) is 0. The van der Waals surface area contributed by atoms with E-state index in [1.807, 2.05) is 19.1 Å². The van der Waals surface area contributed by atoms with Crippen LogP contribution in [0, 0.1) is 0 Å². The first kappa shape index (κ1) is 20.0. The summed E-state index contributed by atoms with van der Waals surface area (Å²) in [6, 6.07) is 21.5. The lowest BCUT2D eigenvalue weighted by atomic mass is 10.1. The minimum atomic E-state index is -4.37. The maximum absolute atomic E-state index is 12.8. The topological polar surface area (TPSA) is 24.8 Å². The molecule has 0 saturated carbocycles. The zero-order chi connectivity index (χ0) is 21.1. The molecule has 0 amide bonds. The van der Waals surface area contributed by atoms with Crippen LogP contribution in [0.2, 0.25) is 0 Å². The van der Waals surface area contributed by atoms with E-state index in [9.17, 15) is 13.2 Å². The van der Waals surface area contributed by atoms with Crippen molar-refractivity contribution >= 4 is 11.4 Å². The average molecular weight is 410 g/mol.